The van der Waals surface area contributed by atoms with E-state index < -0.39 is 0 Å². The highest BCUT2D eigenvalue weighted by atomic mass is 16.5. The van der Waals surface area contributed by atoms with Crippen LogP contribution >= 0.6 is 0 Å². The van der Waals surface area contributed by atoms with Crippen molar-refractivity contribution >= 4 is 11.7 Å². The highest BCUT2D eigenvalue weighted by Crippen LogP contribution is 2.22. The molecule has 116 valence electrons. The van der Waals surface area contributed by atoms with E-state index in [0.717, 1.165) is 11.5 Å². The molecule has 21 heavy (non-hydrogen) atoms. The molecule has 1 fully saturated rings. The van der Waals surface area contributed by atoms with E-state index in [1.165, 1.54) is 0 Å². The van der Waals surface area contributed by atoms with Crippen LogP contribution < -0.4 is 5.32 Å². The van der Waals surface area contributed by atoms with Crippen LogP contribution in [0.3, 0.4) is 0 Å². The number of aromatic nitrogens is 1. The van der Waals surface area contributed by atoms with Gasteiger partial charge in [-0.15, -0.1) is 0 Å². The summed E-state index contributed by atoms with van der Waals surface area (Å²) in [5.74, 6) is 1.07. The molecule has 1 aromatic heterocycles. The smallest absolute Gasteiger partial charge is 0.254 e. The van der Waals surface area contributed by atoms with Crippen molar-refractivity contribution in [2.45, 2.75) is 39.2 Å². The largest absolute Gasteiger partial charge is 0.373 e. The Morgan fingerprint density at radius 1 is 1.43 bits per heavy atom. The van der Waals surface area contributed by atoms with Gasteiger partial charge in [0.05, 0.1) is 12.2 Å². The monoisotopic (exact) mass is 291 g/mol. The molecule has 2 rings (SSSR count). The molecule has 0 aliphatic carbocycles. The first-order chi connectivity index (χ1) is 9.82. The molecule has 2 heterocycles. The van der Waals surface area contributed by atoms with E-state index in [0.29, 0.717) is 25.3 Å². The van der Waals surface area contributed by atoms with Gasteiger partial charge >= 0.3 is 0 Å². The summed E-state index contributed by atoms with van der Waals surface area (Å²) in [6.07, 6.45) is 0. The molecular formula is C16H25N3O2. The van der Waals surface area contributed by atoms with Crippen LogP contribution in [0.1, 0.15) is 49.7 Å². The van der Waals surface area contributed by atoms with Gasteiger partial charge in [0.2, 0.25) is 0 Å². The number of ether oxygens (including phenoxy) is 1. The maximum absolute atomic E-state index is 12.7. The van der Waals surface area contributed by atoms with Gasteiger partial charge < -0.3 is 15.0 Å². The SMILES string of the molecule is CNc1cc(C(=O)N2CCOC(C)(C)C2)cc(C(C)C)n1. The van der Waals surface area contributed by atoms with Gasteiger partial charge in [-0.2, -0.15) is 0 Å². The van der Waals surface area contributed by atoms with Crippen molar-refractivity contribution in [3.8, 4) is 0 Å². The second-order valence-electron chi connectivity index (χ2n) is 6.41. The fourth-order valence-electron chi connectivity index (χ4n) is 2.47. The molecule has 1 N–H and O–H groups in total. The molecule has 1 aliphatic heterocycles. The molecule has 0 bridgehead atoms. The number of carbonyl (C=O) groups excluding carboxylic acids is 1. The second-order valence-corrected chi connectivity index (χ2v) is 6.41. The van der Waals surface area contributed by atoms with Crippen molar-refractivity contribution in [2.75, 3.05) is 32.1 Å². The van der Waals surface area contributed by atoms with Crippen LogP contribution in [0.15, 0.2) is 12.1 Å². The highest BCUT2D eigenvalue weighted by molar-refractivity contribution is 5.95. The summed E-state index contributed by atoms with van der Waals surface area (Å²) in [4.78, 5) is 19.1. The molecule has 5 heteroatoms. The van der Waals surface area contributed by atoms with Crippen LogP contribution in [-0.4, -0.2) is 48.1 Å². The zero-order valence-electron chi connectivity index (χ0n) is 13.6. The minimum Gasteiger partial charge on any atom is -0.373 e. The lowest BCUT2D eigenvalue weighted by molar-refractivity contribution is -0.0764. The summed E-state index contributed by atoms with van der Waals surface area (Å²) in [6.45, 7) is 10.0. The van der Waals surface area contributed by atoms with Crippen molar-refractivity contribution in [3.05, 3.63) is 23.4 Å². The first-order valence-electron chi connectivity index (χ1n) is 7.45. The molecule has 0 radical (unpaired) electrons. The number of anilines is 1. The lowest BCUT2D eigenvalue weighted by Gasteiger charge is -2.38. The number of carbonyl (C=O) groups is 1. The lowest BCUT2D eigenvalue weighted by atomic mass is 10.0. The van der Waals surface area contributed by atoms with E-state index in [1.807, 2.05) is 37.9 Å². The zero-order valence-corrected chi connectivity index (χ0v) is 13.6. The number of rotatable bonds is 3. The van der Waals surface area contributed by atoms with Gasteiger partial charge in [-0.3, -0.25) is 4.79 Å². The summed E-state index contributed by atoms with van der Waals surface area (Å²) in [7, 11) is 1.82. The van der Waals surface area contributed by atoms with E-state index in [1.54, 1.807) is 0 Å². The Hall–Kier alpha value is -1.62. The average molecular weight is 291 g/mol. The van der Waals surface area contributed by atoms with E-state index in [4.69, 9.17) is 4.74 Å². The van der Waals surface area contributed by atoms with Crippen LogP contribution in [0.4, 0.5) is 5.82 Å². The maximum atomic E-state index is 12.7. The Bertz CT molecular complexity index is 526. The minimum absolute atomic E-state index is 0.0483. The third-order valence-electron chi connectivity index (χ3n) is 3.65. The van der Waals surface area contributed by atoms with Crippen molar-refractivity contribution in [1.82, 2.24) is 9.88 Å². The normalized spacial score (nSPS) is 17.9. The van der Waals surface area contributed by atoms with E-state index in [9.17, 15) is 4.79 Å². The first kappa shape index (κ1) is 15.8. The van der Waals surface area contributed by atoms with Gasteiger partial charge in [0.15, 0.2) is 0 Å². The summed E-state index contributed by atoms with van der Waals surface area (Å²) >= 11 is 0. The molecule has 0 aromatic carbocycles. The van der Waals surface area contributed by atoms with Gasteiger partial charge in [0.1, 0.15) is 5.82 Å². The topological polar surface area (TPSA) is 54.5 Å². The van der Waals surface area contributed by atoms with Gasteiger partial charge in [-0.05, 0) is 31.9 Å². The molecular weight excluding hydrogens is 266 g/mol. The van der Waals surface area contributed by atoms with Crippen LogP contribution in [-0.2, 0) is 4.74 Å². The molecule has 1 saturated heterocycles. The number of hydrogen-bond acceptors (Lipinski definition) is 4. The van der Waals surface area contributed by atoms with E-state index in [-0.39, 0.29) is 17.4 Å². The fraction of sp³-hybridized carbons (Fsp3) is 0.625. The summed E-state index contributed by atoms with van der Waals surface area (Å²) in [5.41, 5.74) is 1.33. The molecule has 0 atom stereocenters. The number of hydrogen-bond donors (Lipinski definition) is 1. The van der Waals surface area contributed by atoms with Crippen molar-refractivity contribution in [3.63, 3.8) is 0 Å². The molecule has 0 saturated carbocycles. The van der Waals surface area contributed by atoms with Crippen molar-refractivity contribution in [2.24, 2.45) is 0 Å². The highest BCUT2D eigenvalue weighted by Gasteiger charge is 2.30. The van der Waals surface area contributed by atoms with Gasteiger partial charge in [-0.25, -0.2) is 4.98 Å². The number of morpholine rings is 1. The number of nitrogens with zero attached hydrogens (tertiary/aromatic N) is 2. The van der Waals surface area contributed by atoms with E-state index in [2.05, 4.69) is 24.1 Å². The van der Waals surface area contributed by atoms with Gasteiger partial charge in [0.25, 0.3) is 5.91 Å². The van der Waals surface area contributed by atoms with E-state index >= 15 is 0 Å². The number of amides is 1. The Morgan fingerprint density at radius 2 is 2.14 bits per heavy atom. The Morgan fingerprint density at radius 3 is 2.71 bits per heavy atom. The van der Waals surface area contributed by atoms with Crippen molar-refractivity contribution in [1.29, 1.82) is 0 Å². The Kier molecular flexibility index (Phi) is 4.52. The second kappa shape index (κ2) is 6.02. The quantitative estimate of drug-likeness (QED) is 0.929. The molecule has 1 amide bonds. The number of pyridine rings is 1. The Balaban J connectivity index is 2.28. The number of nitrogens with one attached hydrogen (secondary N) is 1. The third-order valence-corrected chi connectivity index (χ3v) is 3.65. The summed E-state index contributed by atoms with van der Waals surface area (Å²) < 4.78 is 5.67. The standard InChI is InChI=1S/C16H25N3O2/c1-11(2)13-8-12(9-14(17-5)18-13)15(20)19-6-7-21-16(3,4)10-19/h8-9,11H,6-7,10H2,1-5H3,(H,17,18). The Labute approximate surface area is 126 Å². The van der Waals surface area contributed by atoms with Gasteiger partial charge in [-0.1, -0.05) is 13.8 Å². The van der Waals surface area contributed by atoms with Crippen LogP contribution in [0.5, 0.6) is 0 Å². The fourth-order valence-corrected chi connectivity index (χ4v) is 2.47. The maximum Gasteiger partial charge on any atom is 0.254 e. The molecule has 5 nitrogen and oxygen atoms in total. The molecule has 1 aliphatic rings. The first-order valence-corrected chi connectivity index (χ1v) is 7.45. The average Bonchev–Trinajstić information content (AvgIpc) is 2.44. The van der Waals surface area contributed by atoms with Crippen molar-refractivity contribution < 1.29 is 9.53 Å². The molecule has 1 aromatic rings. The lowest BCUT2D eigenvalue weighted by Crippen LogP contribution is -2.50. The summed E-state index contributed by atoms with van der Waals surface area (Å²) in [6, 6.07) is 3.72. The predicted molar refractivity (Wildman–Crippen MR) is 83.8 cm³/mol. The van der Waals surface area contributed by atoms with Gasteiger partial charge in [0, 0.05) is 31.4 Å². The third kappa shape index (κ3) is 3.73. The molecule has 0 spiro atoms. The van der Waals surface area contributed by atoms with Crippen LogP contribution in [0.2, 0.25) is 0 Å². The van der Waals surface area contributed by atoms with Crippen LogP contribution in [0.25, 0.3) is 0 Å². The predicted octanol–water partition coefficient (Wildman–Crippen LogP) is 2.50. The zero-order chi connectivity index (χ0) is 15.6. The van der Waals surface area contributed by atoms with Crippen LogP contribution in [0, 0.1) is 0 Å². The minimum atomic E-state index is -0.284. The summed E-state index contributed by atoms with van der Waals surface area (Å²) in [5, 5.41) is 3.03. The molecule has 0 unspecified atom stereocenters.